The lowest BCUT2D eigenvalue weighted by Crippen LogP contribution is -2.18. The Bertz CT molecular complexity index is 1710. The minimum Gasteiger partial charge on any atom is -0.497 e. The Morgan fingerprint density at radius 2 is 1.33 bits per heavy atom. The third-order valence-corrected chi connectivity index (χ3v) is 7.09. The van der Waals surface area contributed by atoms with E-state index in [-0.39, 0.29) is 0 Å². The maximum absolute atomic E-state index is 14.8. The SMILES string of the molecule is COc1ccc(/C=C\c2cc(C)c(/C(=C3N=C(/C=C/c4ccc(OC)cc4)C=C\3C)c3ccccc3)n2B(F)F)cc1. The van der Waals surface area contributed by atoms with Gasteiger partial charge in [0.1, 0.15) is 11.5 Å². The lowest BCUT2D eigenvalue weighted by atomic mass is 9.95. The summed E-state index contributed by atoms with van der Waals surface area (Å²) in [6, 6.07) is 26.6. The van der Waals surface area contributed by atoms with Crippen LogP contribution in [0.2, 0.25) is 0 Å². The predicted octanol–water partition coefficient (Wildman–Crippen LogP) is 8.63. The van der Waals surface area contributed by atoms with Gasteiger partial charge in [-0.1, -0.05) is 66.7 Å². The van der Waals surface area contributed by atoms with Crippen molar-refractivity contribution in [1.82, 2.24) is 4.48 Å². The summed E-state index contributed by atoms with van der Waals surface area (Å²) in [4.78, 5) is 4.94. The molecule has 0 saturated carbocycles. The molecule has 4 aromatic rings. The van der Waals surface area contributed by atoms with Gasteiger partial charge in [-0.25, -0.2) is 4.99 Å². The van der Waals surface area contributed by atoms with E-state index < -0.39 is 7.40 Å². The Balaban J connectivity index is 1.60. The number of hydrogen-bond acceptors (Lipinski definition) is 3. The van der Waals surface area contributed by atoms with Crippen LogP contribution in [0.5, 0.6) is 11.5 Å². The molecule has 1 aliphatic rings. The average molecular weight is 560 g/mol. The Morgan fingerprint density at radius 1 is 0.762 bits per heavy atom. The third-order valence-electron chi connectivity index (χ3n) is 7.09. The van der Waals surface area contributed by atoms with E-state index >= 15 is 0 Å². The molecule has 0 N–H and O–H groups in total. The van der Waals surface area contributed by atoms with Gasteiger partial charge in [0.25, 0.3) is 0 Å². The summed E-state index contributed by atoms with van der Waals surface area (Å²) in [5, 5.41) is 0. The van der Waals surface area contributed by atoms with Crippen molar-refractivity contribution in [3.8, 4) is 11.5 Å². The van der Waals surface area contributed by atoms with Crippen LogP contribution < -0.4 is 9.47 Å². The van der Waals surface area contributed by atoms with Crippen molar-refractivity contribution in [1.29, 1.82) is 0 Å². The molecule has 1 aliphatic heterocycles. The zero-order valence-corrected chi connectivity index (χ0v) is 24.0. The first-order valence-electron chi connectivity index (χ1n) is 13.6. The zero-order chi connectivity index (χ0) is 29.6. The number of halogens is 2. The van der Waals surface area contributed by atoms with Gasteiger partial charge in [-0.05, 0) is 90.2 Å². The summed E-state index contributed by atoms with van der Waals surface area (Å²) in [6.07, 6.45) is 9.44. The van der Waals surface area contributed by atoms with Crippen LogP contribution >= 0.6 is 0 Å². The van der Waals surface area contributed by atoms with E-state index in [1.54, 1.807) is 26.4 Å². The number of methoxy groups -OCH3 is 2. The van der Waals surface area contributed by atoms with E-state index in [4.69, 9.17) is 14.5 Å². The predicted molar refractivity (Wildman–Crippen MR) is 170 cm³/mol. The molecule has 5 rings (SSSR count). The van der Waals surface area contributed by atoms with Crippen LogP contribution in [0.15, 0.2) is 113 Å². The number of benzene rings is 3. The van der Waals surface area contributed by atoms with Crippen molar-refractivity contribution < 1.29 is 18.1 Å². The molecule has 0 radical (unpaired) electrons. The minimum atomic E-state index is -2.76. The Labute approximate surface area is 245 Å². The highest BCUT2D eigenvalue weighted by Gasteiger charge is 2.29. The lowest BCUT2D eigenvalue weighted by Gasteiger charge is -2.16. The highest BCUT2D eigenvalue weighted by Crippen LogP contribution is 2.37. The van der Waals surface area contributed by atoms with Crippen molar-refractivity contribution in [2.24, 2.45) is 4.99 Å². The first kappa shape index (κ1) is 28.6. The number of aromatic nitrogens is 1. The largest absolute Gasteiger partial charge is 0.678 e. The number of aryl methyl sites for hydroxylation is 1. The summed E-state index contributed by atoms with van der Waals surface area (Å²) < 4.78 is 41.3. The van der Waals surface area contributed by atoms with Gasteiger partial charge < -0.3 is 14.0 Å². The molecule has 0 atom stereocenters. The Hall–Kier alpha value is -4.91. The fourth-order valence-corrected chi connectivity index (χ4v) is 5.00. The van der Waals surface area contributed by atoms with E-state index in [0.717, 1.165) is 49.5 Å². The average Bonchev–Trinajstić information content (AvgIpc) is 3.55. The van der Waals surface area contributed by atoms with Gasteiger partial charge in [0.2, 0.25) is 0 Å². The van der Waals surface area contributed by atoms with E-state index in [2.05, 4.69) is 0 Å². The van der Waals surface area contributed by atoms with Gasteiger partial charge in [-0.3, -0.25) is 8.63 Å². The molecule has 42 heavy (non-hydrogen) atoms. The second kappa shape index (κ2) is 12.7. The summed E-state index contributed by atoms with van der Waals surface area (Å²) in [7, 11) is 0.484. The van der Waals surface area contributed by atoms with Gasteiger partial charge in [0, 0.05) is 17.0 Å². The smallest absolute Gasteiger partial charge is 0.497 e. The zero-order valence-electron chi connectivity index (χ0n) is 24.0. The molecule has 2 heterocycles. The fraction of sp³-hybridized carbons (Fsp3) is 0.114. The first-order valence-corrected chi connectivity index (χ1v) is 13.6. The highest BCUT2D eigenvalue weighted by molar-refractivity contribution is 6.42. The van der Waals surface area contributed by atoms with Crippen LogP contribution in [0.1, 0.15) is 40.6 Å². The number of ether oxygens (including phenoxy) is 2. The number of allylic oxidation sites excluding steroid dienone is 3. The maximum Gasteiger partial charge on any atom is 0.678 e. The lowest BCUT2D eigenvalue weighted by molar-refractivity contribution is 0.414. The molecule has 0 bridgehead atoms. The van der Waals surface area contributed by atoms with Crippen molar-refractivity contribution in [2.75, 3.05) is 14.2 Å². The van der Waals surface area contributed by atoms with Gasteiger partial charge in [-0.2, -0.15) is 0 Å². The number of aliphatic imine (C=N–C) groups is 1. The monoisotopic (exact) mass is 560 g/mol. The molecule has 4 nitrogen and oxygen atoms in total. The number of nitrogens with zero attached hydrogens (tertiary/aromatic N) is 2. The fourth-order valence-electron chi connectivity index (χ4n) is 5.00. The molecule has 0 spiro atoms. The van der Waals surface area contributed by atoms with Gasteiger partial charge >= 0.3 is 7.40 Å². The van der Waals surface area contributed by atoms with Gasteiger partial charge in [0.15, 0.2) is 0 Å². The van der Waals surface area contributed by atoms with E-state index in [0.29, 0.717) is 22.7 Å². The Morgan fingerprint density at radius 3 is 1.88 bits per heavy atom. The quantitative estimate of drug-likeness (QED) is 0.192. The first-order chi connectivity index (χ1) is 20.4. The van der Waals surface area contributed by atoms with Crippen LogP contribution in [0, 0.1) is 6.92 Å². The molecule has 1 aromatic heterocycles. The molecule has 7 heteroatoms. The summed E-state index contributed by atoms with van der Waals surface area (Å²) in [5.74, 6) is 1.52. The molecule has 3 aromatic carbocycles. The second-order valence-electron chi connectivity index (χ2n) is 9.92. The minimum absolute atomic E-state index is 0.408. The van der Waals surface area contributed by atoms with Gasteiger partial charge in [-0.15, -0.1) is 0 Å². The number of hydrogen-bond donors (Lipinski definition) is 0. The van der Waals surface area contributed by atoms with E-state index in [1.807, 2.05) is 117 Å². The molecule has 210 valence electrons. The normalized spacial score (nSPS) is 14.3. The molecular formula is C35H31BF2N2O2. The van der Waals surface area contributed by atoms with Crippen LogP contribution in [0.4, 0.5) is 8.63 Å². The van der Waals surface area contributed by atoms with Crippen molar-refractivity contribution in [3.05, 3.63) is 142 Å². The van der Waals surface area contributed by atoms with Crippen molar-refractivity contribution in [3.63, 3.8) is 0 Å². The Kier molecular flexibility index (Phi) is 8.67. The highest BCUT2D eigenvalue weighted by atomic mass is 19.2. The summed E-state index contributed by atoms with van der Waals surface area (Å²) in [5.41, 5.74) is 7.28. The molecule has 0 aliphatic carbocycles. The number of rotatable bonds is 9. The molecule has 0 unspecified atom stereocenters. The van der Waals surface area contributed by atoms with E-state index in [1.165, 1.54) is 0 Å². The van der Waals surface area contributed by atoms with Gasteiger partial charge in [0.05, 0.1) is 25.6 Å². The maximum atomic E-state index is 14.8. The topological polar surface area (TPSA) is 35.8 Å². The standard InChI is InChI=1S/C35H31BF2N2O2/c1-24-22-29(16-10-26-12-18-31(41-3)19-13-26)39-34(24)33(28-8-6-5-7-9-28)35-25(2)23-30(40(35)36(37)38)17-11-27-14-20-32(42-4)21-15-27/h5-23H,1-4H3/b16-10+,17-11-,34-33-. The van der Waals surface area contributed by atoms with Crippen LogP contribution in [-0.4, -0.2) is 31.8 Å². The van der Waals surface area contributed by atoms with Crippen LogP contribution in [0.25, 0.3) is 23.8 Å². The molecule has 0 saturated heterocycles. The molecule has 0 fully saturated rings. The molecule has 0 amide bonds. The van der Waals surface area contributed by atoms with Crippen LogP contribution in [0.3, 0.4) is 0 Å². The summed E-state index contributed by atoms with van der Waals surface area (Å²) in [6.45, 7) is 3.83. The van der Waals surface area contributed by atoms with E-state index in [9.17, 15) is 8.63 Å². The summed E-state index contributed by atoms with van der Waals surface area (Å²) >= 11 is 0. The van der Waals surface area contributed by atoms with Crippen molar-refractivity contribution in [2.45, 2.75) is 13.8 Å². The van der Waals surface area contributed by atoms with Crippen molar-refractivity contribution >= 4 is 36.9 Å². The third kappa shape index (κ3) is 6.20. The van der Waals surface area contributed by atoms with Crippen LogP contribution in [-0.2, 0) is 0 Å². The molecular weight excluding hydrogens is 529 g/mol. The second-order valence-corrected chi connectivity index (χ2v) is 9.92.